The number of amides is 4. The van der Waals surface area contributed by atoms with Crippen molar-refractivity contribution in [3.63, 3.8) is 0 Å². The van der Waals surface area contributed by atoms with E-state index in [4.69, 9.17) is 18.9 Å². The number of nitrogens with zero attached hydrogens (tertiary/aromatic N) is 4. The minimum atomic E-state index is -1.01. The molecule has 4 amide bonds. The number of fused-ring (bicyclic) bond motifs is 2. The highest BCUT2D eigenvalue weighted by molar-refractivity contribution is 7.98. The highest BCUT2D eigenvalue weighted by atomic mass is 32.2. The van der Waals surface area contributed by atoms with Crippen LogP contribution in [0.1, 0.15) is 89.9 Å². The van der Waals surface area contributed by atoms with E-state index in [0.29, 0.717) is 51.1 Å². The van der Waals surface area contributed by atoms with Gasteiger partial charge in [0.15, 0.2) is 0 Å². The SMILES string of the molecule is CC(COC(C)(C)COc1cccnc1)SN1C(=O)c2ccc3c4ccc5c6c(ccc(c7ccc(c2c37)C1=O)c64)C(=O)N(C(C)(C)COC(C)(C)COc1cccnc1)C5=O. The molecule has 2 aromatic heterocycles. The number of pyridine rings is 2. The average Bonchev–Trinajstić information content (AvgIpc) is 3.26. The summed E-state index contributed by atoms with van der Waals surface area (Å²) >= 11 is 1.15. The first kappa shape index (κ1) is 41.2. The molecule has 4 heterocycles. The van der Waals surface area contributed by atoms with Crippen molar-refractivity contribution in [2.45, 2.75) is 70.5 Å². The van der Waals surface area contributed by atoms with Crippen LogP contribution in [-0.2, 0) is 9.47 Å². The van der Waals surface area contributed by atoms with Gasteiger partial charge in [0.05, 0.1) is 42.3 Å². The van der Waals surface area contributed by atoms with Crippen LogP contribution < -0.4 is 9.47 Å². The van der Waals surface area contributed by atoms with Gasteiger partial charge in [-0.15, -0.1) is 0 Å². The molecule has 0 N–H and O–H groups in total. The van der Waals surface area contributed by atoms with E-state index < -0.39 is 40.4 Å². The van der Waals surface area contributed by atoms with Crippen LogP contribution in [0, 0.1) is 0 Å². The molecule has 5 aromatic carbocycles. The number of imide groups is 2. The summed E-state index contributed by atoms with van der Waals surface area (Å²) in [5.41, 5.74) is -0.700. The van der Waals surface area contributed by atoms with Crippen LogP contribution in [0.4, 0.5) is 0 Å². The van der Waals surface area contributed by atoms with Crippen LogP contribution in [0.25, 0.3) is 43.1 Å². The Morgan fingerprint density at radius 2 is 0.968 bits per heavy atom. The van der Waals surface area contributed by atoms with E-state index in [9.17, 15) is 19.2 Å². The molecule has 1 atom stereocenters. The van der Waals surface area contributed by atoms with Crippen molar-refractivity contribution >= 4 is 78.7 Å². The number of aromatic nitrogens is 2. The molecule has 0 radical (unpaired) electrons. The van der Waals surface area contributed by atoms with Crippen molar-refractivity contribution in [2.24, 2.45) is 0 Å². The van der Waals surface area contributed by atoms with Crippen LogP contribution in [0.2, 0.25) is 0 Å². The summed E-state index contributed by atoms with van der Waals surface area (Å²) in [6.07, 6.45) is 6.62. The third kappa shape index (κ3) is 7.17. The summed E-state index contributed by atoms with van der Waals surface area (Å²) < 4.78 is 25.5. The van der Waals surface area contributed by atoms with Crippen LogP contribution in [0.3, 0.4) is 0 Å². The minimum Gasteiger partial charge on any atom is -0.489 e. The van der Waals surface area contributed by atoms with E-state index in [2.05, 4.69) is 9.97 Å². The first-order valence-corrected chi connectivity index (χ1v) is 21.4. The first-order valence-electron chi connectivity index (χ1n) is 20.5. The monoisotopic (exact) mass is 850 g/mol. The maximum Gasteiger partial charge on any atom is 0.271 e. The number of carbonyl (C=O) groups is 4. The van der Waals surface area contributed by atoms with Crippen molar-refractivity contribution < 1.29 is 38.1 Å². The summed E-state index contributed by atoms with van der Waals surface area (Å²) in [4.78, 5) is 66.8. The van der Waals surface area contributed by atoms with Gasteiger partial charge < -0.3 is 18.9 Å². The van der Waals surface area contributed by atoms with Crippen LogP contribution in [0.5, 0.6) is 11.5 Å². The second-order valence-electron chi connectivity index (χ2n) is 17.8. The van der Waals surface area contributed by atoms with Gasteiger partial charge in [0, 0.05) is 50.7 Å². The fraction of sp³-hybridized carbons (Fsp3) is 0.306. The summed E-state index contributed by atoms with van der Waals surface area (Å²) in [6.45, 7) is 14.1. The molecule has 0 saturated heterocycles. The Morgan fingerprint density at radius 1 is 0.548 bits per heavy atom. The molecule has 0 spiro atoms. The van der Waals surface area contributed by atoms with Gasteiger partial charge in [0.1, 0.15) is 24.7 Å². The third-order valence-electron chi connectivity index (χ3n) is 11.5. The van der Waals surface area contributed by atoms with Crippen molar-refractivity contribution in [1.82, 2.24) is 19.2 Å². The molecule has 0 aliphatic carbocycles. The van der Waals surface area contributed by atoms with Crippen LogP contribution >= 0.6 is 11.9 Å². The lowest BCUT2D eigenvalue weighted by atomic mass is 9.82. The van der Waals surface area contributed by atoms with E-state index in [1.165, 1.54) is 9.21 Å². The van der Waals surface area contributed by atoms with E-state index in [1.807, 2.05) is 84.9 Å². The lowest BCUT2D eigenvalue weighted by Gasteiger charge is -2.41. The molecular weight excluding hydrogens is 805 g/mol. The molecule has 9 rings (SSSR count). The molecule has 62 heavy (non-hydrogen) atoms. The number of rotatable bonds is 15. The molecule has 0 bridgehead atoms. The zero-order valence-electron chi connectivity index (χ0n) is 35.6. The molecule has 2 aliphatic heterocycles. The highest BCUT2D eigenvalue weighted by Crippen LogP contribution is 2.47. The standard InChI is InChI=1S/C49H46N4O8S/c1-28(24-60-48(4,5)26-58-29-10-8-20-50-22-29)62-53-45(56)37-18-14-33-31-12-16-35-41-36(17-13-32(39(31)41)34-15-19-38(46(53)57)42(37)40(33)34)44(55)52(43(35)54)47(2,3)25-61-49(6,7)27-59-30-11-9-21-51-23-30/h8-23,28H,24-27H2,1-7H3. The number of hydrogen-bond donors (Lipinski definition) is 0. The summed E-state index contributed by atoms with van der Waals surface area (Å²) in [6, 6.07) is 22.0. The Hall–Kier alpha value is -6.15. The maximum absolute atomic E-state index is 14.5. The fourth-order valence-electron chi connectivity index (χ4n) is 8.34. The lowest BCUT2D eigenvalue weighted by molar-refractivity contribution is -0.0792. The molecular formula is C49H46N4O8S. The largest absolute Gasteiger partial charge is 0.489 e. The Kier molecular flexibility index (Phi) is 10.2. The van der Waals surface area contributed by atoms with Gasteiger partial charge >= 0.3 is 0 Å². The Labute approximate surface area is 362 Å². The van der Waals surface area contributed by atoms with Crippen molar-refractivity contribution in [3.8, 4) is 11.5 Å². The smallest absolute Gasteiger partial charge is 0.271 e. The molecule has 2 aliphatic rings. The van der Waals surface area contributed by atoms with E-state index in [-0.39, 0.29) is 25.1 Å². The fourth-order valence-corrected chi connectivity index (χ4v) is 9.22. The second-order valence-corrected chi connectivity index (χ2v) is 19.2. The predicted molar refractivity (Wildman–Crippen MR) is 239 cm³/mol. The normalized spacial score (nSPS) is 15.1. The van der Waals surface area contributed by atoms with Gasteiger partial charge in [-0.3, -0.25) is 34.0 Å². The molecule has 0 fully saturated rings. The number of hydrogen-bond acceptors (Lipinski definition) is 11. The predicted octanol–water partition coefficient (Wildman–Crippen LogP) is 9.28. The first-order chi connectivity index (χ1) is 29.6. The molecule has 0 saturated carbocycles. The van der Waals surface area contributed by atoms with E-state index in [1.54, 1.807) is 61.2 Å². The number of ether oxygens (including phenoxy) is 4. The van der Waals surface area contributed by atoms with Gasteiger partial charge in [-0.05, 0) is 141 Å². The summed E-state index contributed by atoms with van der Waals surface area (Å²) in [5.74, 6) is -0.353. The quantitative estimate of drug-likeness (QED) is 0.0422. The topological polar surface area (TPSA) is 137 Å². The van der Waals surface area contributed by atoms with Crippen LogP contribution in [-0.4, -0.2) is 91.2 Å². The second kappa shape index (κ2) is 15.3. The maximum atomic E-state index is 14.5. The highest BCUT2D eigenvalue weighted by Gasteiger charge is 2.44. The summed E-state index contributed by atoms with van der Waals surface area (Å²) in [5, 5.41) is 5.80. The van der Waals surface area contributed by atoms with Crippen LogP contribution in [0.15, 0.2) is 97.6 Å². The molecule has 316 valence electrons. The van der Waals surface area contributed by atoms with Gasteiger partial charge in [0.25, 0.3) is 23.6 Å². The van der Waals surface area contributed by atoms with Crippen molar-refractivity contribution in [1.29, 1.82) is 0 Å². The Balaban J connectivity index is 0.984. The summed E-state index contributed by atoms with van der Waals surface area (Å²) in [7, 11) is 0. The molecule has 1 unspecified atom stereocenters. The average molecular weight is 851 g/mol. The lowest BCUT2D eigenvalue weighted by Crippen LogP contribution is -2.56. The number of benzene rings is 5. The van der Waals surface area contributed by atoms with E-state index in [0.717, 1.165) is 44.3 Å². The molecule has 12 nitrogen and oxygen atoms in total. The Bertz CT molecular complexity index is 2820. The number of carbonyl (C=O) groups excluding carboxylic acids is 4. The zero-order valence-corrected chi connectivity index (χ0v) is 36.4. The van der Waals surface area contributed by atoms with Gasteiger partial charge in [-0.25, -0.2) is 4.31 Å². The zero-order chi connectivity index (χ0) is 43.7. The minimum absolute atomic E-state index is 0.0731. The van der Waals surface area contributed by atoms with Gasteiger partial charge in [0.2, 0.25) is 0 Å². The van der Waals surface area contributed by atoms with Crippen molar-refractivity contribution in [2.75, 3.05) is 26.4 Å². The van der Waals surface area contributed by atoms with Crippen molar-refractivity contribution in [3.05, 3.63) is 120 Å². The Morgan fingerprint density at radius 3 is 1.39 bits per heavy atom. The van der Waals surface area contributed by atoms with E-state index >= 15 is 0 Å². The van der Waals surface area contributed by atoms with Gasteiger partial charge in [-0.2, -0.15) is 0 Å². The molecule has 13 heteroatoms. The van der Waals surface area contributed by atoms with Gasteiger partial charge in [-0.1, -0.05) is 24.3 Å². The molecule has 7 aromatic rings. The third-order valence-corrected chi connectivity index (χ3v) is 12.5.